The van der Waals surface area contributed by atoms with Gasteiger partial charge in [0, 0.05) is 0 Å². The molecular weight excluding hydrogens is 112 g/mol. The maximum absolute atomic E-state index is 8.10. The van der Waals surface area contributed by atoms with E-state index in [1.807, 2.05) is 18.2 Å². The third-order valence-corrected chi connectivity index (χ3v) is 0.935. The van der Waals surface area contributed by atoms with Crippen LogP contribution in [-0.2, 0) is 0 Å². The van der Waals surface area contributed by atoms with Crippen molar-refractivity contribution in [3.63, 3.8) is 0 Å². The lowest BCUT2D eigenvalue weighted by Gasteiger charge is -1.92. The van der Waals surface area contributed by atoms with Crippen LogP contribution in [-0.4, -0.2) is 6.01 Å². The smallest absolute Gasteiger partial charge is 0.0356 e. The van der Waals surface area contributed by atoms with Gasteiger partial charge < -0.3 is 10.4 Å². The highest BCUT2D eigenvalue weighted by Gasteiger charge is 1.72. The summed E-state index contributed by atoms with van der Waals surface area (Å²) in [6, 6.07) is 10.8. The number of para-hydroxylation sites is 1. The number of aliphatic imine (C=N–C) groups is 1. The average Bonchev–Trinajstić information content (AvgIpc) is 1.91. The van der Waals surface area contributed by atoms with Crippen LogP contribution in [0.3, 0.4) is 0 Å². The summed E-state index contributed by atoms with van der Waals surface area (Å²) in [5, 5.41) is 8.10. The number of nitrogens with zero attached hydrogens (tertiary/aromatic N) is 2. The van der Waals surface area contributed by atoms with Gasteiger partial charge in [0.05, 0.1) is 0 Å². The van der Waals surface area contributed by atoms with Gasteiger partial charge in [-0.2, -0.15) is 6.01 Å². The highest BCUT2D eigenvalue weighted by Crippen LogP contribution is 2.07. The summed E-state index contributed by atoms with van der Waals surface area (Å²) >= 11 is 0. The molecule has 1 aromatic carbocycles. The zero-order chi connectivity index (χ0) is 6.53. The van der Waals surface area contributed by atoms with Gasteiger partial charge in [-0.05, 0) is 5.69 Å². The van der Waals surface area contributed by atoms with Gasteiger partial charge in [-0.1, -0.05) is 30.3 Å². The largest absolute Gasteiger partial charge is 0.422 e. The Bertz CT molecular complexity index is 222. The van der Waals surface area contributed by atoms with Crippen LogP contribution < -0.4 is 0 Å². The molecule has 0 aliphatic carbocycles. The van der Waals surface area contributed by atoms with E-state index in [0.717, 1.165) is 0 Å². The average molecular weight is 117 g/mol. The second-order valence-electron chi connectivity index (χ2n) is 1.55. The molecule has 2 heteroatoms. The van der Waals surface area contributed by atoms with Crippen molar-refractivity contribution >= 4 is 11.7 Å². The molecule has 0 amide bonds. The first-order chi connectivity index (χ1) is 4.43. The molecule has 0 spiro atoms. The Morgan fingerprint density at radius 1 is 1.22 bits per heavy atom. The molecule has 0 aliphatic heterocycles. The molecule has 0 fully saturated rings. The molecule has 1 aromatic rings. The third-order valence-electron chi connectivity index (χ3n) is 0.935. The van der Waals surface area contributed by atoms with Crippen molar-refractivity contribution in [2.45, 2.75) is 0 Å². The van der Waals surface area contributed by atoms with Crippen molar-refractivity contribution < 1.29 is 0 Å². The molecule has 0 radical (unpaired) electrons. The van der Waals surface area contributed by atoms with Crippen LogP contribution in [0.1, 0.15) is 0 Å². The van der Waals surface area contributed by atoms with Gasteiger partial charge in [0.1, 0.15) is 0 Å². The number of hydrogen-bond donors (Lipinski definition) is 0. The summed E-state index contributed by atoms with van der Waals surface area (Å²) in [5.74, 6) is 0. The minimum Gasteiger partial charge on any atom is -0.422 e. The van der Waals surface area contributed by atoms with Gasteiger partial charge in [-0.3, -0.25) is 0 Å². The van der Waals surface area contributed by atoms with Crippen LogP contribution in [0, 0.1) is 0 Å². The lowest BCUT2D eigenvalue weighted by Crippen LogP contribution is -1.58. The van der Waals surface area contributed by atoms with Crippen molar-refractivity contribution in [1.82, 2.24) is 0 Å². The summed E-state index contributed by atoms with van der Waals surface area (Å²) < 4.78 is 0. The Balaban J connectivity index is 2.97. The fraction of sp³-hybridized carbons (Fsp3) is 0. The van der Waals surface area contributed by atoms with E-state index in [2.05, 4.69) is 4.99 Å². The Labute approximate surface area is 53.4 Å². The Morgan fingerprint density at radius 2 is 1.89 bits per heavy atom. The highest BCUT2D eigenvalue weighted by atomic mass is 14.7. The lowest BCUT2D eigenvalue weighted by atomic mass is 10.3. The molecule has 0 N–H and O–H groups in total. The van der Waals surface area contributed by atoms with Crippen molar-refractivity contribution in [1.29, 1.82) is 0 Å². The molecule has 44 valence electrons. The van der Waals surface area contributed by atoms with Gasteiger partial charge >= 0.3 is 0 Å². The van der Waals surface area contributed by atoms with Crippen LogP contribution in [0.15, 0.2) is 35.3 Å². The number of hydrogen-bond acceptors (Lipinski definition) is 1. The SMILES string of the molecule is [N-]=C=Nc1ccccc1. The Hall–Kier alpha value is -1.40. The molecule has 0 unspecified atom stereocenters. The van der Waals surface area contributed by atoms with E-state index in [0.29, 0.717) is 5.69 Å². The van der Waals surface area contributed by atoms with Crippen molar-refractivity contribution in [2.24, 2.45) is 4.99 Å². The molecule has 0 saturated carbocycles. The second-order valence-corrected chi connectivity index (χ2v) is 1.55. The topological polar surface area (TPSA) is 34.7 Å². The normalized spacial score (nSPS) is 8.00. The number of benzene rings is 1. The number of rotatable bonds is 1. The first-order valence-electron chi connectivity index (χ1n) is 2.58. The third kappa shape index (κ3) is 1.52. The zero-order valence-corrected chi connectivity index (χ0v) is 4.78. The Morgan fingerprint density at radius 3 is 2.44 bits per heavy atom. The Kier molecular flexibility index (Phi) is 1.78. The predicted octanol–water partition coefficient (Wildman–Crippen LogP) is 2.06. The van der Waals surface area contributed by atoms with E-state index < -0.39 is 0 Å². The van der Waals surface area contributed by atoms with Gasteiger partial charge in [0.15, 0.2) is 0 Å². The molecule has 0 atom stereocenters. The summed E-state index contributed by atoms with van der Waals surface area (Å²) in [6.07, 6.45) is 0. The first kappa shape index (κ1) is 5.73. The van der Waals surface area contributed by atoms with Gasteiger partial charge in [-0.25, -0.2) is 0 Å². The van der Waals surface area contributed by atoms with Crippen LogP contribution in [0.25, 0.3) is 5.41 Å². The zero-order valence-electron chi connectivity index (χ0n) is 4.78. The van der Waals surface area contributed by atoms with Crippen LogP contribution in [0.4, 0.5) is 5.69 Å². The van der Waals surface area contributed by atoms with E-state index in [1.54, 1.807) is 18.1 Å². The molecule has 0 saturated heterocycles. The van der Waals surface area contributed by atoms with Crippen LogP contribution >= 0.6 is 0 Å². The van der Waals surface area contributed by atoms with E-state index in [4.69, 9.17) is 5.41 Å². The van der Waals surface area contributed by atoms with E-state index in [-0.39, 0.29) is 0 Å². The molecule has 0 aromatic heterocycles. The minimum absolute atomic E-state index is 0.708. The van der Waals surface area contributed by atoms with Crippen molar-refractivity contribution in [3.8, 4) is 0 Å². The maximum atomic E-state index is 8.10. The maximum Gasteiger partial charge on any atom is -0.0356 e. The van der Waals surface area contributed by atoms with E-state index in [9.17, 15) is 0 Å². The summed E-state index contributed by atoms with van der Waals surface area (Å²) in [5.41, 5.74) is 0.708. The lowest BCUT2D eigenvalue weighted by molar-refractivity contribution is 1.55. The van der Waals surface area contributed by atoms with Crippen molar-refractivity contribution in [2.75, 3.05) is 0 Å². The van der Waals surface area contributed by atoms with Gasteiger partial charge in [0.2, 0.25) is 0 Å². The summed E-state index contributed by atoms with van der Waals surface area (Å²) in [4.78, 5) is 3.51. The monoisotopic (exact) mass is 117 g/mol. The molecule has 0 aliphatic rings. The van der Waals surface area contributed by atoms with Crippen molar-refractivity contribution in [3.05, 3.63) is 35.7 Å². The predicted molar refractivity (Wildman–Crippen MR) is 36.9 cm³/mol. The second kappa shape index (κ2) is 2.80. The summed E-state index contributed by atoms with van der Waals surface area (Å²) in [7, 11) is 0. The highest BCUT2D eigenvalue weighted by molar-refractivity contribution is 5.54. The van der Waals surface area contributed by atoms with Crippen LogP contribution in [0.5, 0.6) is 0 Å². The standard InChI is InChI=1S/C7H5N2/c8-6-9-7-4-2-1-3-5-7/h1-5H/q-1. The fourth-order valence-electron chi connectivity index (χ4n) is 0.560. The molecule has 0 bridgehead atoms. The van der Waals surface area contributed by atoms with E-state index >= 15 is 0 Å². The fourth-order valence-corrected chi connectivity index (χ4v) is 0.560. The molecule has 2 nitrogen and oxygen atoms in total. The van der Waals surface area contributed by atoms with Crippen LogP contribution in [0.2, 0.25) is 0 Å². The summed E-state index contributed by atoms with van der Waals surface area (Å²) in [6.45, 7) is 0. The first-order valence-corrected chi connectivity index (χ1v) is 2.58. The molecular formula is C7H5N2-. The molecule has 1 rings (SSSR count). The van der Waals surface area contributed by atoms with Gasteiger partial charge in [-0.15, -0.1) is 0 Å². The van der Waals surface area contributed by atoms with Gasteiger partial charge in [0.25, 0.3) is 0 Å². The molecule has 9 heavy (non-hydrogen) atoms. The van der Waals surface area contributed by atoms with E-state index in [1.165, 1.54) is 0 Å². The molecule has 0 heterocycles. The quantitative estimate of drug-likeness (QED) is 0.504. The minimum atomic E-state index is 0.708.